The summed E-state index contributed by atoms with van der Waals surface area (Å²) in [5.41, 5.74) is 3.66. The molecule has 116 valence electrons. The van der Waals surface area contributed by atoms with E-state index in [-0.39, 0.29) is 10.6 Å². The number of para-hydroxylation sites is 1. The SMILES string of the molecule is COc1cccc(/C=N/Nc2ccc(S(=O)(=O)O)cc2)c1O. The molecule has 0 bridgehead atoms. The predicted molar refractivity (Wildman–Crippen MR) is 82.1 cm³/mol. The van der Waals surface area contributed by atoms with Crippen LogP contribution in [0.15, 0.2) is 52.5 Å². The highest BCUT2D eigenvalue weighted by Crippen LogP contribution is 2.28. The molecule has 0 aliphatic carbocycles. The number of nitrogens with one attached hydrogen (secondary N) is 1. The zero-order chi connectivity index (χ0) is 16.2. The van der Waals surface area contributed by atoms with E-state index in [0.29, 0.717) is 17.0 Å². The van der Waals surface area contributed by atoms with Gasteiger partial charge in [-0.15, -0.1) is 0 Å². The molecule has 0 fully saturated rings. The third kappa shape index (κ3) is 3.74. The molecule has 0 unspecified atom stereocenters. The first-order valence-electron chi connectivity index (χ1n) is 6.14. The molecule has 2 rings (SSSR count). The molecule has 0 saturated heterocycles. The lowest BCUT2D eigenvalue weighted by atomic mass is 10.2. The van der Waals surface area contributed by atoms with Gasteiger partial charge in [0, 0.05) is 5.56 Å². The number of benzene rings is 2. The average molecular weight is 322 g/mol. The minimum absolute atomic E-state index is 0.0303. The standard InChI is InChI=1S/C14H14N2O5S/c1-21-13-4-2-3-10(14(13)17)9-15-16-11-5-7-12(8-6-11)22(18,19)20/h2-9,16-17H,1H3,(H,18,19,20)/b15-9+. The second-order valence-corrected chi connectivity index (χ2v) is 5.69. The van der Waals surface area contributed by atoms with Gasteiger partial charge in [0.1, 0.15) is 0 Å². The molecular formula is C14H14N2O5S. The van der Waals surface area contributed by atoms with Gasteiger partial charge in [-0.1, -0.05) is 6.07 Å². The molecule has 3 N–H and O–H groups in total. The Morgan fingerprint density at radius 1 is 1.18 bits per heavy atom. The summed E-state index contributed by atoms with van der Waals surface area (Å²) in [6.07, 6.45) is 1.40. The molecule has 22 heavy (non-hydrogen) atoms. The maximum Gasteiger partial charge on any atom is 0.294 e. The molecule has 0 aliphatic heterocycles. The van der Waals surface area contributed by atoms with E-state index >= 15 is 0 Å². The van der Waals surface area contributed by atoms with Crippen molar-refractivity contribution in [2.75, 3.05) is 12.5 Å². The number of hydrazone groups is 1. The molecule has 0 atom stereocenters. The van der Waals surface area contributed by atoms with Crippen LogP contribution in [-0.2, 0) is 10.1 Å². The molecule has 2 aromatic rings. The summed E-state index contributed by atoms with van der Waals surface area (Å²) in [6.45, 7) is 0. The average Bonchev–Trinajstić information content (AvgIpc) is 2.48. The molecule has 0 amide bonds. The van der Waals surface area contributed by atoms with Crippen LogP contribution in [0.1, 0.15) is 5.56 Å². The van der Waals surface area contributed by atoms with Gasteiger partial charge in [-0.25, -0.2) is 0 Å². The van der Waals surface area contributed by atoms with Crippen LogP contribution >= 0.6 is 0 Å². The van der Waals surface area contributed by atoms with Crippen LogP contribution in [0.25, 0.3) is 0 Å². The number of hydrogen-bond donors (Lipinski definition) is 3. The van der Waals surface area contributed by atoms with Crippen LogP contribution in [0.2, 0.25) is 0 Å². The summed E-state index contributed by atoms with van der Waals surface area (Å²) in [5, 5.41) is 13.8. The first kappa shape index (κ1) is 15.8. The highest BCUT2D eigenvalue weighted by molar-refractivity contribution is 7.85. The topological polar surface area (TPSA) is 108 Å². The van der Waals surface area contributed by atoms with Crippen molar-refractivity contribution in [2.24, 2.45) is 5.10 Å². The van der Waals surface area contributed by atoms with Crippen molar-refractivity contribution in [1.82, 2.24) is 0 Å². The Morgan fingerprint density at radius 3 is 2.45 bits per heavy atom. The van der Waals surface area contributed by atoms with E-state index in [2.05, 4.69) is 10.5 Å². The van der Waals surface area contributed by atoms with Crippen LogP contribution in [0.4, 0.5) is 5.69 Å². The molecule has 0 spiro atoms. The molecular weight excluding hydrogens is 308 g/mol. The molecule has 0 saturated carbocycles. The quantitative estimate of drug-likeness (QED) is 0.442. The van der Waals surface area contributed by atoms with Gasteiger partial charge in [-0.05, 0) is 36.4 Å². The van der Waals surface area contributed by atoms with Gasteiger partial charge in [-0.2, -0.15) is 13.5 Å². The van der Waals surface area contributed by atoms with Crippen molar-refractivity contribution in [3.8, 4) is 11.5 Å². The number of anilines is 1. The van der Waals surface area contributed by atoms with Gasteiger partial charge in [0.05, 0.1) is 23.9 Å². The van der Waals surface area contributed by atoms with E-state index in [1.54, 1.807) is 18.2 Å². The lowest BCUT2D eigenvalue weighted by molar-refractivity contribution is 0.373. The number of rotatable bonds is 5. The Morgan fingerprint density at radius 2 is 1.86 bits per heavy atom. The zero-order valence-corrected chi connectivity index (χ0v) is 12.4. The molecule has 0 heterocycles. The molecule has 8 heteroatoms. The van der Waals surface area contributed by atoms with Crippen molar-refractivity contribution in [3.05, 3.63) is 48.0 Å². The van der Waals surface area contributed by atoms with Gasteiger partial charge >= 0.3 is 0 Å². The van der Waals surface area contributed by atoms with Crippen molar-refractivity contribution in [1.29, 1.82) is 0 Å². The lowest BCUT2D eigenvalue weighted by Gasteiger charge is -2.05. The van der Waals surface area contributed by atoms with Gasteiger partial charge in [0.25, 0.3) is 10.1 Å². The van der Waals surface area contributed by atoms with Gasteiger partial charge in [-0.3, -0.25) is 9.98 Å². The Bertz CT molecular complexity index is 785. The van der Waals surface area contributed by atoms with E-state index in [1.807, 2.05) is 0 Å². The summed E-state index contributed by atoms with van der Waals surface area (Å²) < 4.78 is 35.7. The minimum atomic E-state index is -4.21. The molecule has 0 radical (unpaired) electrons. The van der Waals surface area contributed by atoms with Crippen LogP contribution in [0.3, 0.4) is 0 Å². The summed E-state index contributed by atoms with van der Waals surface area (Å²) in [6, 6.07) is 10.4. The minimum Gasteiger partial charge on any atom is -0.504 e. The van der Waals surface area contributed by atoms with Crippen LogP contribution in [0.5, 0.6) is 11.5 Å². The first-order chi connectivity index (χ1) is 10.4. The monoisotopic (exact) mass is 322 g/mol. The maximum absolute atomic E-state index is 10.9. The lowest BCUT2D eigenvalue weighted by Crippen LogP contribution is -1.98. The van der Waals surface area contributed by atoms with Crippen LogP contribution in [0, 0.1) is 0 Å². The smallest absolute Gasteiger partial charge is 0.294 e. The van der Waals surface area contributed by atoms with E-state index in [1.165, 1.54) is 37.6 Å². The molecule has 2 aromatic carbocycles. The predicted octanol–water partition coefficient (Wildman–Crippen LogP) is 2.09. The van der Waals surface area contributed by atoms with E-state index in [0.717, 1.165) is 0 Å². The largest absolute Gasteiger partial charge is 0.504 e. The summed E-state index contributed by atoms with van der Waals surface area (Å²) in [4.78, 5) is -0.201. The molecule has 0 aromatic heterocycles. The molecule has 7 nitrogen and oxygen atoms in total. The number of aromatic hydroxyl groups is 1. The fraction of sp³-hybridized carbons (Fsp3) is 0.0714. The van der Waals surface area contributed by atoms with Crippen molar-refractivity contribution >= 4 is 22.0 Å². The second-order valence-electron chi connectivity index (χ2n) is 4.27. The highest BCUT2D eigenvalue weighted by Gasteiger charge is 2.08. The van der Waals surface area contributed by atoms with Crippen LogP contribution in [-0.4, -0.2) is 31.4 Å². The van der Waals surface area contributed by atoms with Crippen molar-refractivity contribution in [2.45, 2.75) is 4.90 Å². The van der Waals surface area contributed by atoms with E-state index < -0.39 is 10.1 Å². The second kappa shape index (κ2) is 6.46. The summed E-state index contributed by atoms with van der Waals surface area (Å²) >= 11 is 0. The number of methoxy groups -OCH3 is 1. The van der Waals surface area contributed by atoms with Gasteiger partial charge < -0.3 is 9.84 Å². The zero-order valence-electron chi connectivity index (χ0n) is 11.6. The van der Waals surface area contributed by atoms with Gasteiger partial charge in [0.2, 0.25) is 0 Å². The van der Waals surface area contributed by atoms with Gasteiger partial charge in [0.15, 0.2) is 11.5 Å². The summed E-state index contributed by atoms with van der Waals surface area (Å²) in [7, 11) is -2.76. The Kier molecular flexibility index (Phi) is 4.64. The highest BCUT2D eigenvalue weighted by atomic mass is 32.2. The Labute approximate surface area is 127 Å². The third-order valence-corrected chi connectivity index (χ3v) is 3.67. The fourth-order valence-electron chi connectivity index (χ4n) is 1.69. The number of phenols is 1. The van der Waals surface area contributed by atoms with E-state index in [9.17, 15) is 13.5 Å². The number of hydrogen-bond acceptors (Lipinski definition) is 6. The fourth-order valence-corrected chi connectivity index (χ4v) is 2.17. The van der Waals surface area contributed by atoms with Crippen molar-refractivity contribution < 1.29 is 22.8 Å². The molecule has 0 aliphatic rings. The van der Waals surface area contributed by atoms with Crippen molar-refractivity contribution in [3.63, 3.8) is 0 Å². The Balaban J connectivity index is 2.10. The summed E-state index contributed by atoms with van der Waals surface area (Å²) in [5.74, 6) is 0.304. The first-order valence-corrected chi connectivity index (χ1v) is 7.58. The Hall–Kier alpha value is -2.58. The number of phenolic OH excluding ortho intramolecular Hbond substituents is 1. The van der Waals surface area contributed by atoms with E-state index in [4.69, 9.17) is 9.29 Å². The maximum atomic E-state index is 10.9. The third-order valence-electron chi connectivity index (χ3n) is 2.80. The number of ether oxygens (including phenoxy) is 1. The van der Waals surface area contributed by atoms with Crippen LogP contribution < -0.4 is 10.2 Å². The normalized spacial score (nSPS) is 11.5. The number of nitrogens with zero attached hydrogens (tertiary/aromatic N) is 1.